The predicted octanol–water partition coefficient (Wildman–Crippen LogP) is 3.73. The van der Waals surface area contributed by atoms with Gasteiger partial charge in [-0.2, -0.15) is 0 Å². The normalized spacial score (nSPS) is 17.6. The minimum Gasteiger partial charge on any atom is -0.453 e. The lowest BCUT2D eigenvalue weighted by molar-refractivity contribution is 0.170. The van der Waals surface area contributed by atoms with Crippen LogP contribution in [0.1, 0.15) is 17.0 Å². The lowest BCUT2D eigenvalue weighted by atomic mass is 9.97. The molecule has 2 rings (SSSR count). The first-order valence-corrected chi connectivity index (χ1v) is 5.35. The molecule has 0 saturated heterocycles. The van der Waals surface area contributed by atoms with E-state index in [1.54, 1.807) is 6.08 Å². The van der Waals surface area contributed by atoms with Gasteiger partial charge in [-0.15, -0.1) is 0 Å². The minimum atomic E-state index is -0.771. The number of halogens is 1. The average Bonchev–Trinajstić information content (AvgIpc) is 2.64. The van der Waals surface area contributed by atoms with Crippen LogP contribution in [0, 0.1) is 0 Å². The maximum absolute atomic E-state index is 10.6. The number of carbonyl (C=O) groups is 1. The van der Waals surface area contributed by atoms with Crippen molar-refractivity contribution in [3.05, 3.63) is 53.6 Å². The molecule has 0 fully saturated rings. The van der Waals surface area contributed by atoms with Crippen molar-refractivity contribution in [1.82, 2.24) is 0 Å². The molecule has 1 aromatic carbocycles. The van der Waals surface area contributed by atoms with Gasteiger partial charge in [0.2, 0.25) is 0 Å². The van der Waals surface area contributed by atoms with Crippen LogP contribution in [-0.4, -0.2) is 12.0 Å². The van der Waals surface area contributed by atoms with Gasteiger partial charge in [0.1, 0.15) is 6.61 Å². The summed E-state index contributed by atoms with van der Waals surface area (Å²) in [7, 11) is 0. The van der Waals surface area contributed by atoms with Crippen LogP contribution in [-0.2, 0) is 4.74 Å². The summed E-state index contributed by atoms with van der Waals surface area (Å²) in [6, 6.07) is 8.00. The number of hydrogen-bond donors (Lipinski definition) is 0. The van der Waals surface area contributed by atoms with Gasteiger partial charge in [0.05, 0.1) is 0 Å². The van der Waals surface area contributed by atoms with Crippen molar-refractivity contribution in [2.24, 2.45) is 0 Å². The standard InChI is InChI=1S/C13H11ClO2/c1-2-9-7-10-5-3-4-6-11(10)12(9)8-16-13(14)15/h2-7,12H,1,8H2. The van der Waals surface area contributed by atoms with E-state index in [4.69, 9.17) is 16.3 Å². The van der Waals surface area contributed by atoms with Gasteiger partial charge in [-0.1, -0.05) is 43.0 Å². The molecule has 1 aliphatic rings. The van der Waals surface area contributed by atoms with Crippen LogP contribution in [0.2, 0.25) is 0 Å². The van der Waals surface area contributed by atoms with E-state index in [0.717, 1.165) is 16.7 Å². The Morgan fingerprint density at radius 1 is 1.50 bits per heavy atom. The Hall–Kier alpha value is -1.54. The first-order chi connectivity index (χ1) is 7.72. The van der Waals surface area contributed by atoms with Gasteiger partial charge < -0.3 is 4.74 Å². The molecule has 1 unspecified atom stereocenters. The van der Waals surface area contributed by atoms with Gasteiger partial charge in [-0.25, -0.2) is 4.79 Å². The van der Waals surface area contributed by atoms with Crippen molar-refractivity contribution in [2.75, 3.05) is 6.61 Å². The maximum atomic E-state index is 10.6. The smallest absolute Gasteiger partial charge is 0.403 e. The fourth-order valence-corrected chi connectivity index (χ4v) is 2.02. The summed E-state index contributed by atoms with van der Waals surface area (Å²) < 4.78 is 4.85. The zero-order chi connectivity index (χ0) is 11.5. The first-order valence-electron chi connectivity index (χ1n) is 4.97. The van der Waals surface area contributed by atoms with E-state index in [1.165, 1.54) is 0 Å². The highest BCUT2D eigenvalue weighted by Crippen LogP contribution is 2.36. The Balaban J connectivity index is 2.26. The van der Waals surface area contributed by atoms with E-state index >= 15 is 0 Å². The highest BCUT2D eigenvalue weighted by Gasteiger charge is 2.24. The van der Waals surface area contributed by atoms with Crippen LogP contribution < -0.4 is 0 Å². The Kier molecular flexibility index (Phi) is 3.11. The predicted molar refractivity (Wildman–Crippen MR) is 64.6 cm³/mol. The Bertz CT molecular complexity index is 463. The summed E-state index contributed by atoms with van der Waals surface area (Å²) in [5.74, 6) is 0.0522. The third-order valence-electron chi connectivity index (χ3n) is 2.70. The van der Waals surface area contributed by atoms with Crippen LogP contribution >= 0.6 is 11.6 Å². The molecule has 3 heteroatoms. The van der Waals surface area contributed by atoms with Crippen LogP contribution in [0.3, 0.4) is 0 Å². The topological polar surface area (TPSA) is 26.3 Å². The van der Waals surface area contributed by atoms with Gasteiger partial charge in [-0.05, 0) is 16.7 Å². The second kappa shape index (κ2) is 4.54. The van der Waals surface area contributed by atoms with Crippen LogP contribution in [0.25, 0.3) is 6.08 Å². The summed E-state index contributed by atoms with van der Waals surface area (Å²) in [6.07, 6.45) is 3.84. The number of carbonyl (C=O) groups excluding carboxylic acids is 1. The highest BCUT2D eigenvalue weighted by atomic mass is 35.5. The fourth-order valence-electron chi connectivity index (χ4n) is 1.96. The average molecular weight is 235 g/mol. The summed E-state index contributed by atoms with van der Waals surface area (Å²) in [5, 5.41) is 0. The lowest BCUT2D eigenvalue weighted by Crippen LogP contribution is -2.08. The number of rotatable bonds is 3. The largest absolute Gasteiger partial charge is 0.453 e. The molecule has 0 aromatic heterocycles. The number of ether oxygens (including phenoxy) is 1. The highest BCUT2D eigenvalue weighted by molar-refractivity contribution is 6.61. The van der Waals surface area contributed by atoms with Gasteiger partial charge in [-0.3, -0.25) is 0 Å². The molecule has 0 amide bonds. The molecule has 0 bridgehead atoms. The molecule has 1 aromatic rings. The Morgan fingerprint density at radius 3 is 2.94 bits per heavy atom. The third-order valence-corrected chi connectivity index (χ3v) is 2.80. The van der Waals surface area contributed by atoms with E-state index in [1.807, 2.05) is 24.3 Å². The van der Waals surface area contributed by atoms with Crippen LogP contribution in [0.4, 0.5) is 4.79 Å². The Labute approximate surface area is 99.2 Å². The van der Waals surface area contributed by atoms with Crippen molar-refractivity contribution in [3.63, 3.8) is 0 Å². The number of fused-ring (bicyclic) bond motifs is 1. The quantitative estimate of drug-likeness (QED) is 0.745. The van der Waals surface area contributed by atoms with Gasteiger partial charge in [0, 0.05) is 17.5 Å². The number of hydrogen-bond acceptors (Lipinski definition) is 2. The van der Waals surface area contributed by atoms with Crippen molar-refractivity contribution < 1.29 is 9.53 Å². The molecule has 0 aliphatic heterocycles. The molecule has 0 N–H and O–H groups in total. The lowest BCUT2D eigenvalue weighted by Gasteiger charge is -2.13. The second-order valence-corrected chi connectivity index (χ2v) is 3.89. The molecule has 0 heterocycles. The van der Waals surface area contributed by atoms with Crippen molar-refractivity contribution in [1.29, 1.82) is 0 Å². The van der Waals surface area contributed by atoms with Gasteiger partial charge in [0.25, 0.3) is 0 Å². The van der Waals surface area contributed by atoms with Gasteiger partial charge in [0.15, 0.2) is 0 Å². The van der Waals surface area contributed by atoms with Crippen molar-refractivity contribution >= 4 is 23.1 Å². The van der Waals surface area contributed by atoms with E-state index in [-0.39, 0.29) is 12.5 Å². The fraction of sp³-hybridized carbons (Fsp3) is 0.154. The van der Waals surface area contributed by atoms with Crippen LogP contribution in [0.5, 0.6) is 0 Å². The van der Waals surface area contributed by atoms with Gasteiger partial charge >= 0.3 is 5.43 Å². The second-order valence-electron chi connectivity index (χ2n) is 3.58. The third kappa shape index (κ3) is 2.02. The summed E-state index contributed by atoms with van der Waals surface area (Å²) in [4.78, 5) is 10.6. The molecule has 1 atom stereocenters. The summed E-state index contributed by atoms with van der Waals surface area (Å²) in [6.45, 7) is 4.02. The van der Waals surface area contributed by atoms with Crippen molar-refractivity contribution in [2.45, 2.75) is 5.92 Å². The molecule has 1 aliphatic carbocycles. The van der Waals surface area contributed by atoms with E-state index in [2.05, 4.69) is 12.7 Å². The van der Waals surface area contributed by atoms with E-state index in [0.29, 0.717) is 0 Å². The SMILES string of the molecule is C=CC1=Cc2ccccc2C1COC(=O)Cl. The first kappa shape index (κ1) is 11.0. The number of benzene rings is 1. The van der Waals surface area contributed by atoms with Crippen molar-refractivity contribution in [3.8, 4) is 0 Å². The molecule has 0 radical (unpaired) electrons. The zero-order valence-electron chi connectivity index (χ0n) is 8.65. The maximum Gasteiger partial charge on any atom is 0.403 e. The summed E-state index contributed by atoms with van der Waals surface area (Å²) in [5.41, 5.74) is 2.58. The minimum absolute atomic E-state index is 0.0522. The van der Waals surface area contributed by atoms with E-state index < -0.39 is 5.43 Å². The molecular formula is C13H11ClO2. The molecule has 0 spiro atoms. The Morgan fingerprint density at radius 2 is 2.25 bits per heavy atom. The summed E-state index contributed by atoms with van der Waals surface area (Å²) >= 11 is 5.17. The molecular weight excluding hydrogens is 224 g/mol. The molecule has 2 nitrogen and oxygen atoms in total. The zero-order valence-corrected chi connectivity index (χ0v) is 9.41. The van der Waals surface area contributed by atoms with E-state index in [9.17, 15) is 4.79 Å². The molecule has 82 valence electrons. The molecule has 0 saturated carbocycles. The number of allylic oxidation sites excluding steroid dienone is 1. The van der Waals surface area contributed by atoms with Crippen LogP contribution in [0.15, 0.2) is 42.5 Å². The monoisotopic (exact) mass is 234 g/mol. The molecule has 16 heavy (non-hydrogen) atoms.